The van der Waals surface area contributed by atoms with Crippen molar-refractivity contribution in [3.05, 3.63) is 23.8 Å². The van der Waals surface area contributed by atoms with Crippen LogP contribution in [0.4, 0.5) is 0 Å². The Balaban J connectivity index is 2.79. The van der Waals surface area contributed by atoms with Gasteiger partial charge in [-0.2, -0.15) is 0 Å². The van der Waals surface area contributed by atoms with Gasteiger partial charge in [-0.3, -0.25) is 4.79 Å². The van der Waals surface area contributed by atoms with Gasteiger partial charge >= 0.3 is 0 Å². The largest absolute Gasteiger partial charge is 0.497 e. The van der Waals surface area contributed by atoms with Crippen LogP contribution in [0.25, 0.3) is 0 Å². The third-order valence-corrected chi connectivity index (χ3v) is 3.42. The zero-order chi connectivity index (χ0) is 15.1. The van der Waals surface area contributed by atoms with Gasteiger partial charge in [0.15, 0.2) is 5.78 Å². The van der Waals surface area contributed by atoms with E-state index >= 15 is 0 Å². The molecule has 2 atom stereocenters. The molecule has 0 aromatic heterocycles. The van der Waals surface area contributed by atoms with Crippen LogP contribution in [-0.4, -0.2) is 26.0 Å². The molecule has 0 aliphatic rings. The molecule has 20 heavy (non-hydrogen) atoms. The van der Waals surface area contributed by atoms with Gasteiger partial charge in [0, 0.05) is 12.0 Å². The third-order valence-electron chi connectivity index (χ3n) is 3.42. The maximum Gasteiger partial charge on any atom is 0.169 e. The van der Waals surface area contributed by atoms with Gasteiger partial charge in [-0.15, -0.1) is 0 Å². The highest BCUT2D eigenvalue weighted by molar-refractivity contribution is 6.00. The molecule has 0 amide bonds. The fourth-order valence-corrected chi connectivity index (χ4v) is 2.15. The summed E-state index contributed by atoms with van der Waals surface area (Å²) in [4.78, 5) is 12.5. The summed E-state index contributed by atoms with van der Waals surface area (Å²) < 4.78 is 10.4. The average molecular weight is 279 g/mol. The molecule has 4 heteroatoms. The zero-order valence-corrected chi connectivity index (χ0v) is 12.8. The highest BCUT2D eigenvalue weighted by atomic mass is 16.5. The number of rotatable bonds is 8. The van der Waals surface area contributed by atoms with E-state index in [2.05, 4.69) is 0 Å². The number of ether oxygens (including phenoxy) is 2. The molecule has 0 fully saturated rings. The fourth-order valence-electron chi connectivity index (χ4n) is 2.15. The highest BCUT2D eigenvalue weighted by Gasteiger charge is 2.19. The lowest BCUT2D eigenvalue weighted by molar-refractivity contribution is 0.0918. The molecule has 2 N–H and O–H groups in total. The quantitative estimate of drug-likeness (QED) is 0.743. The molecule has 0 radical (unpaired) electrons. The molecule has 0 saturated carbocycles. The minimum atomic E-state index is -0.0465. The number of ketones is 1. The smallest absolute Gasteiger partial charge is 0.169 e. The lowest BCUT2D eigenvalue weighted by Gasteiger charge is -2.14. The third kappa shape index (κ3) is 4.53. The molecule has 1 aromatic rings. The van der Waals surface area contributed by atoms with Crippen molar-refractivity contribution in [1.82, 2.24) is 0 Å². The minimum absolute atomic E-state index is 0.0465. The van der Waals surface area contributed by atoms with Crippen molar-refractivity contribution in [1.29, 1.82) is 0 Å². The molecular weight excluding hydrogens is 254 g/mol. The van der Waals surface area contributed by atoms with Gasteiger partial charge in [0.1, 0.15) is 11.5 Å². The van der Waals surface area contributed by atoms with Crippen molar-refractivity contribution in [2.24, 2.45) is 11.7 Å². The minimum Gasteiger partial charge on any atom is -0.497 e. The molecule has 0 spiro atoms. The number of Topliss-reactive ketones (excluding diaryl/α,β-unsaturated/α-hetero) is 1. The Morgan fingerprint density at radius 1 is 1.20 bits per heavy atom. The second-order valence-electron chi connectivity index (χ2n) is 5.24. The van der Waals surface area contributed by atoms with Crippen LogP contribution in [0.2, 0.25) is 0 Å². The number of methoxy groups -OCH3 is 2. The molecule has 0 aliphatic heterocycles. The van der Waals surface area contributed by atoms with Gasteiger partial charge in [-0.25, -0.2) is 0 Å². The number of carbonyl (C=O) groups excluding carboxylic acids is 1. The van der Waals surface area contributed by atoms with Crippen LogP contribution in [0.5, 0.6) is 11.5 Å². The Labute approximate surface area is 121 Å². The first-order valence-corrected chi connectivity index (χ1v) is 7.01. The number of hydrogen-bond donors (Lipinski definition) is 1. The molecular formula is C16H25NO3. The van der Waals surface area contributed by atoms with Gasteiger partial charge in [0.25, 0.3) is 0 Å². The van der Waals surface area contributed by atoms with Crippen LogP contribution >= 0.6 is 0 Å². The molecule has 0 bridgehead atoms. The van der Waals surface area contributed by atoms with E-state index in [0.717, 1.165) is 19.3 Å². The summed E-state index contributed by atoms with van der Waals surface area (Å²) >= 11 is 0. The second-order valence-corrected chi connectivity index (χ2v) is 5.24. The molecule has 0 saturated heterocycles. The number of hydrogen-bond acceptors (Lipinski definition) is 4. The van der Waals surface area contributed by atoms with Crippen molar-refractivity contribution >= 4 is 5.78 Å². The lowest BCUT2D eigenvalue weighted by atomic mass is 9.93. The normalized spacial score (nSPS) is 13.7. The Morgan fingerprint density at radius 3 is 2.45 bits per heavy atom. The molecule has 2 unspecified atom stereocenters. The summed E-state index contributed by atoms with van der Waals surface area (Å²) in [5.41, 5.74) is 6.31. The molecule has 1 rings (SSSR count). The van der Waals surface area contributed by atoms with E-state index < -0.39 is 0 Å². The molecule has 1 aromatic carbocycles. The Morgan fingerprint density at radius 2 is 1.90 bits per heavy atom. The van der Waals surface area contributed by atoms with E-state index in [0.29, 0.717) is 17.1 Å². The predicted octanol–water partition coefficient (Wildman–Crippen LogP) is 3.04. The Kier molecular flexibility index (Phi) is 6.52. The summed E-state index contributed by atoms with van der Waals surface area (Å²) in [5, 5.41) is 0. The van der Waals surface area contributed by atoms with Crippen LogP contribution in [-0.2, 0) is 0 Å². The van der Waals surface area contributed by atoms with Crippen molar-refractivity contribution in [3.8, 4) is 11.5 Å². The first-order chi connectivity index (χ1) is 9.49. The molecule has 112 valence electrons. The van der Waals surface area contributed by atoms with Crippen LogP contribution in [0.15, 0.2) is 18.2 Å². The van der Waals surface area contributed by atoms with Crippen LogP contribution in [0, 0.1) is 5.92 Å². The van der Waals surface area contributed by atoms with Crippen LogP contribution in [0.3, 0.4) is 0 Å². The fraction of sp³-hybridized carbons (Fsp3) is 0.562. The summed E-state index contributed by atoms with van der Waals surface area (Å²) in [5.74, 6) is 1.30. The lowest BCUT2D eigenvalue weighted by Crippen LogP contribution is -2.17. The summed E-state index contributed by atoms with van der Waals surface area (Å²) in [6.45, 7) is 3.93. The second kappa shape index (κ2) is 7.90. The van der Waals surface area contributed by atoms with E-state index in [1.165, 1.54) is 0 Å². The average Bonchev–Trinajstić information content (AvgIpc) is 2.45. The van der Waals surface area contributed by atoms with Gasteiger partial charge in [-0.05, 0) is 38.0 Å². The van der Waals surface area contributed by atoms with E-state index in [9.17, 15) is 4.79 Å². The number of nitrogens with two attached hydrogens (primary N) is 1. The molecule has 0 heterocycles. The van der Waals surface area contributed by atoms with E-state index in [-0.39, 0.29) is 17.7 Å². The summed E-state index contributed by atoms with van der Waals surface area (Å²) in [7, 11) is 3.15. The maximum atomic E-state index is 12.5. The van der Waals surface area contributed by atoms with E-state index in [4.69, 9.17) is 15.2 Å². The van der Waals surface area contributed by atoms with Crippen LogP contribution in [0.1, 0.15) is 43.5 Å². The van der Waals surface area contributed by atoms with Gasteiger partial charge in [0.05, 0.1) is 19.8 Å². The monoisotopic (exact) mass is 279 g/mol. The number of carbonyl (C=O) groups is 1. The van der Waals surface area contributed by atoms with Gasteiger partial charge in [0.2, 0.25) is 0 Å². The van der Waals surface area contributed by atoms with Crippen molar-refractivity contribution < 1.29 is 14.3 Å². The molecule has 4 nitrogen and oxygen atoms in total. The van der Waals surface area contributed by atoms with Crippen molar-refractivity contribution in [2.45, 2.75) is 39.2 Å². The van der Waals surface area contributed by atoms with Crippen molar-refractivity contribution in [2.75, 3.05) is 14.2 Å². The topological polar surface area (TPSA) is 61.5 Å². The van der Waals surface area contributed by atoms with Gasteiger partial charge in [-0.1, -0.05) is 13.3 Å². The maximum absolute atomic E-state index is 12.5. The zero-order valence-electron chi connectivity index (χ0n) is 12.8. The highest BCUT2D eigenvalue weighted by Crippen LogP contribution is 2.27. The summed E-state index contributed by atoms with van der Waals surface area (Å²) in [6, 6.07) is 5.48. The predicted molar refractivity (Wildman–Crippen MR) is 80.5 cm³/mol. The number of benzene rings is 1. The van der Waals surface area contributed by atoms with Crippen molar-refractivity contribution in [3.63, 3.8) is 0 Å². The van der Waals surface area contributed by atoms with E-state index in [1.807, 2.05) is 13.8 Å². The molecule has 0 aliphatic carbocycles. The Hall–Kier alpha value is -1.55. The first-order valence-electron chi connectivity index (χ1n) is 7.01. The summed E-state index contributed by atoms with van der Waals surface area (Å²) in [6.07, 6.45) is 2.73. The standard InChI is InChI=1S/C16H25NO3/c1-11(6-5-7-12(2)17)16(18)14-10-13(19-3)8-9-15(14)20-4/h8-12H,5-7,17H2,1-4H3. The van der Waals surface area contributed by atoms with Gasteiger partial charge < -0.3 is 15.2 Å². The van der Waals surface area contributed by atoms with E-state index in [1.54, 1.807) is 32.4 Å². The first kappa shape index (κ1) is 16.5. The Bertz CT molecular complexity index is 443. The van der Waals surface area contributed by atoms with Crippen LogP contribution < -0.4 is 15.2 Å². The SMILES string of the molecule is COc1ccc(OC)c(C(=O)C(C)CCCC(C)N)c1.